The zero-order chi connectivity index (χ0) is 9.10. The third kappa shape index (κ3) is 1.70. The summed E-state index contributed by atoms with van der Waals surface area (Å²) in [5.74, 6) is 0.826. The Balaban J connectivity index is 2.19. The van der Waals surface area contributed by atoms with Crippen LogP contribution in [0.15, 0.2) is 35.3 Å². The maximum atomic E-state index is 5.22. The third-order valence-electron chi connectivity index (χ3n) is 1.96. The van der Waals surface area contributed by atoms with Crippen molar-refractivity contribution in [2.75, 3.05) is 0 Å². The molecule has 68 valence electrons. The molecular weight excluding hydrogens is 164 g/mol. The van der Waals surface area contributed by atoms with Gasteiger partial charge in [0.1, 0.15) is 0 Å². The number of amidine groups is 1. The van der Waals surface area contributed by atoms with Crippen LogP contribution < -0.4 is 5.48 Å². The fourth-order valence-electron chi connectivity index (χ4n) is 1.22. The van der Waals surface area contributed by atoms with Gasteiger partial charge >= 0.3 is 0 Å². The summed E-state index contributed by atoms with van der Waals surface area (Å²) in [4.78, 5) is 9.58. The predicted octanol–water partition coefficient (Wildman–Crippen LogP) is 1.70. The standard InChI is InChI=1S/C10H12N2O/c1-2-9-11-10(12-13-9)8-6-4-3-5-7-8/h3-7,9H,2H2,1H3,(H,11,12)/t9-/m1/s1. The van der Waals surface area contributed by atoms with Crippen molar-refractivity contribution in [3.8, 4) is 0 Å². The number of nitrogens with zero attached hydrogens (tertiary/aromatic N) is 1. The Kier molecular flexibility index (Phi) is 2.27. The fourth-order valence-corrected chi connectivity index (χ4v) is 1.22. The van der Waals surface area contributed by atoms with Crippen molar-refractivity contribution in [2.45, 2.75) is 19.6 Å². The average Bonchev–Trinajstić information content (AvgIpc) is 2.67. The maximum Gasteiger partial charge on any atom is 0.177 e. The Morgan fingerprint density at radius 3 is 2.77 bits per heavy atom. The van der Waals surface area contributed by atoms with Crippen LogP contribution in [0.5, 0.6) is 0 Å². The number of benzene rings is 1. The van der Waals surface area contributed by atoms with Crippen LogP contribution in [0.1, 0.15) is 18.9 Å². The highest BCUT2D eigenvalue weighted by Gasteiger charge is 2.16. The molecule has 0 aromatic heterocycles. The number of aliphatic imine (C=N–C) groups is 1. The molecule has 1 heterocycles. The molecule has 3 heteroatoms. The van der Waals surface area contributed by atoms with E-state index in [0.717, 1.165) is 17.8 Å². The monoisotopic (exact) mass is 176 g/mol. The highest BCUT2D eigenvalue weighted by molar-refractivity contribution is 5.98. The first-order valence-electron chi connectivity index (χ1n) is 4.45. The molecule has 1 aliphatic rings. The van der Waals surface area contributed by atoms with Gasteiger partial charge < -0.3 is 0 Å². The second kappa shape index (κ2) is 3.58. The van der Waals surface area contributed by atoms with Crippen LogP contribution in [0.25, 0.3) is 0 Å². The van der Waals surface area contributed by atoms with Crippen LogP contribution in [-0.2, 0) is 4.84 Å². The van der Waals surface area contributed by atoms with Gasteiger partial charge in [-0.15, -0.1) is 0 Å². The minimum atomic E-state index is -0.0322. The van der Waals surface area contributed by atoms with Gasteiger partial charge in [-0.05, 0) is 6.42 Å². The quantitative estimate of drug-likeness (QED) is 0.744. The van der Waals surface area contributed by atoms with Crippen molar-refractivity contribution in [1.82, 2.24) is 5.48 Å². The molecule has 1 atom stereocenters. The van der Waals surface area contributed by atoms with Gasteiger partial charge in [0.2, 0.25) is 0 Å². The van der Waals surface area contributed by atoms with E-state index in [4.69, 9.17) is 4.84 Å². The van der Waals surface area contributed by atoms with Crippen molar-refractivity contribution >= 4 is 5.84 Å². The minimum Gasteiger partial charge on any atom is -0.248 e. The SMILES string of the molecule is CC[C@@H]1N=C(c2ccccc2)NO1. The Hall–Kier alpha value is -1.35. The van der Waals surface area contributed by atoms with E-state index in [9.17, 15) is 0 Å². The molecule has 0 saturated heterocycles. The van der Waals surface area contributed by atoms with Gasteiger partial charge in [0.15, 0.2) is 12.1 Å². The van der Waals surface area contributed by atoms with Gasteiger partial charge in [-0.25, -0.2) is 15.3 Å². The predicted molar refractivity (Wildman–Crippen MR) is 51.3 cm³/mol. The number of hydrogen-bond donors (Lipinski definition) is 1. The van der Waals surface area contributed by atoms with Crippen molar-refractivity contribution in [3.05, 3.63) is 35.9 Å². The van der Waals surface area contributed by atoms with Gasteiger partial charge in [-0.3, -0.25) is 0 Å². The van der Waals surface area contributed by atoms with E-state index in [0.29, 0.717) is 0 Å². The molecule has 0 radical (unpaired) electrons. The van der Waals surface area contributed by atoms with E-state index < -0.39 is 0 Å². The van der Waals surface area contributed by atoms with E-state index in [1.165, 1.54) is 0 Å². The Morgan fingerprint density at radius 1 is 1.38 bits per heavy atom. The van der Waals surface area contributed by atoms with Crippen LogP contribution in [0.4, 0.5) is 0 Å². The average molecular weight is 176 g/mol. The Labute approximate surface area is 77.4 Å². The summed E-state index contributed by atoms with van der Waals surface area (Å²) in [5.41, 5.74) is 3.89. The van der Waals surface area contributed by atoms with Crippen molar-refractivity contribution < 1.29 is 4.84 Å². The molecule has 1 aromatic rings. The van der Waals surface area contributed by atoms with Crippen LogP contribution in [0.2, 0.25) is 0 Å². The van der Waals surface area contributed by atoms with Gasteiger partial charge in [-0.1, -0.05) is 37.3 Å². The van der Waals surface area contributed by atoms with Gasteiger partial charge in [0, 0.05) is 5.56 Å². The first-order valence-corrected chi connectivity index (χ1v) is 4.45. The molecule has 0 aliphatic carbocycles. The summed E-state index contributed by atoms with van der Waals surface area (Å²) >= 11 is 0. The van der Waals surface area contributed by atoms with Gasteiger partial charge in [0.25, 0.3) is 0 Å². The Morgan fingerprint density at radius 2 is 2.15 bits per heavy atom. The third-order valence-corrected chi connectivity index (χ3v) is 1.96. The fraction of sp³-hybridized carbons (Fsp3) is 0.300. The lowest BCUT2D eigenvalue weighted by Crippen LogP contribution is -2.18. The van der Waals surface area contributed by atoms with E-state index in [1.807, 2.05) is 37.3 Å². The molecule has 0 bridgehead atoms. The van der Waals surface area contributed by atoms with E-state index in [-0.39, 0.29) is 6.23 Å². The summed E-state index contributed by atoms with van der Waals surface area (Å²) < 4.78 is 0. The van der Waals surface area contributed by atoms with Crippen molar-refractivity contribution in [3.63, 3.8) is 0 Å². The summed E-state index contributed by atoms with van der Waals surface area (Å²) in [6, 6.07) is 9.97. The normalized spacial score (nSPS) is 21.0. The molecule has 13 heavy (non-hydrogen) atoms. The topological polar surface area (TPSA) is 33.6 Å². The number of hydroxylamine groups is 1. The molecule has 3 nitrogen and oxygen atoms in total. The van der Waals surface area contributed by atoms with Crippen LogP contribution in [-0.4, -0.2) is 12.1 Å². The first kappa shape index (κ1) is 8.26. The zero-order valence-corrected chi connectivity index (χ0v) is 7.53. The second-order valence-corrected chi connectivity index (χ2v) is 2.93. The van der Waals surface area contributed by atoms with Gasteiger partial charge in [0.05, 0.1) is 0 Å². The second-order valence-electron chi connectivity index (χ2n) is 2.93. The lowest BCUT2D eigenvalue weighted by atomic mass is 10.2. The molecule has 2 rings (SSSR count). The highest BCUT2D eigenvalue weighted by Crippen LogP contribution is 2.09. The molecule has 1 aliphatic heterocycles. The van der Waals surface area contributed by atoms with Gasteiger partial charge in [-0.2, -0.15) is 0 Å². The van der Waals surface area contributed by atoms with Crippen LogP contribution in [0, 0.1) is 0 Å². The van der Waals surface area contributed by atoms with E-state index in [2.05, 4.69) is 10.5 Å². The van der Waals surface area contributed by atoms with E-state index in [1.54, 1.807) is 0 Å². The molecule has 0 saturated carbocycles. The lowest BCUT2D eigenvalue weighted by molar-refractivity contribution is 0.0364. The molecule has 1 aromatic carbocycles. The summed E-state index contributed by atoms with van der Waals surface area (Å²) in [7, 11) is 0. The summed E-state index contributed by atoms with van der Waals surface area (Å²) in [6.45, 7) is 2.05. The minimum absolute atomic E-state index is 0.0322. The van der Waals surface area contributed by atoms with E-state index >= 15 is 0 Å². The van der Waals surface area contributed by atoms with Crippen molar-refractivity contribution in [1.29, 1.82) is 0 Å². The lowest BCUT2D eigenvalue weighted by Gasteiger charge is -2.00. The maximum absolute atomic E-state index is 5.22. The smallest absolute Gasteiger partial charge is 0.177 e. The number of nitrogens with one attached hydrogen (secondary N) is 1. The number of rotatable bonds is 2. The largest absolute Gasteiger partial charge is 0.248 e. The summed E-state index contributed by atoms with van der Waals surface area (Å²) in [6.07, 6.45) is 0.860. The zero-order valence-electron chi connectivity index (χ0n) is 7.53. The van der Waals surface area contributed by atoms with Crippen LogP contribution in [0.3, 0.4) is 0 Å². The molecule has 0 fully saturated rings. The molecule has 0 spiro atoms. The van der Waals surface area contributed by atoms with Crippen LogP contribution >= 0.6 is 0 Å². The molecule has 1 N–H and O–H groups in total. The Bertz CT molecular complexity index is 308. The highest BCUT2D eigenvalue weighted by atomic mass is 16.7. The van der Waals surface area contributed by atoms with Crippen molar-refractivity contribution in [2.24, 2.45) is 4.99 Å². The molecular formula is C10H12N2O. The molecule has 0 unspecified atom stereocenters. The molecule has 0 amide bonds. The number of hydrogen-bond acceptors (Lipinski definition) is 3. The summed E-state index contributed by atoms with van der Waals surface area (Å²) in [5, 5.41) is 0. The first-order chi connectivity index (χ1) is 6.40.